The number of aliphatic hydroxyl groups excluding tert-OH is 2. The molecule has 0 radical (unpaired) electrons. The molecule has 2 aliphatic heterocycles. The number of allylic oxidation sites excluding steroid dienone is 8. The lowest BCUT2D eigenvalue weighted by Gasteiger charge is -2.34. The average molecular weight is 803 g/mol. The number of hydrogen-bond acceptors (Lipinski definition) is 10. The maximum Gasteiger partial charge on any atom is 0.238 e. The summed E-state index contributed by atoms with van der Waals surface area (Å²) in [6, 6.07) is 11.5. The van der Waals surface area contributed by atoms with Crippen LogP contribution in [0.3, 0.4) is 0 Å². The fourth-order valence-corrected chi connectivity index (χ4v) is 8.50. The first kappa shape index (κ1) is 39.9. The summed E-state index contributed by atoms with van der Waals surface area (Å²) in [5.74, 6) is -7.77. The van der Waals surface area contributed by atoms with Gasteiger partial charge in [-0.2, -0.15) is 0 Å². The molecule has 2 unspecified atom stereocenters. The van der Waals surface area contributed by atoms with E-state index in [0.717, 1.165) is 24.0 Å². The van der Waals surface area contributed by atoms with Gasteiger partial charge in [-0.15, -0.1) is 0 Å². The molecule has 3 aliphatic carbocycles. The van der Waals surface area contributed by atoms with Gasteiger partial charge in [0.25, 0.3) is 0 Å². The summed E-state index contributed by atoms with van der Waals surface area (Å²) < 4.78 is 12.6. The molecule has 0 saturated heterocycles. The Kier molecular flexibility index (Phi) is 9.57. The molecule has 0 fully saturated rings. The number of ketones is 6. The third-order valence-electron chi connectivity index (χ3n) is 11.6. The van der Waals surface area contributed by atoms with E-state index in [9.17, 15) is 39.0 Å². The molecule has 8 rings (SSSR count). The number of rotatable bonds is 8. The molecule has 0 spiro atoms. The van der Waals surface area contributed by atoms with Gasteiger partial charge in [0.05, 0.1) is 11.1 Å². The first-order chi connectivity index (χ1) is 28.4. The molecule has 0 amide bonds. The van der Waals surface area contributed by atoms with Crippen LogP contribution >= 0.6 is 0 Å². The van der Waals surface area contributed by atoms with E-state index in [1.54, 1.807) is 36.4 Å². The highest BCUT2D eigenvalue weighted by atomic mass is 16.5. The van der Waals surface area contributed by atoms with Gasteiger partial charge in [0.2, 0.25) is 23.1 Å². The van der Waals surface area contributed by atoms with Crippen LogP contribution in [0, 0.1) is 0 Å². The predicted molar refractivity (Wildman–Crippen MR) is 226 cm³/mol. The molecule has 0 bridgehead atoms. The van der Waals surface area contributed by atoms with Crippen LogP contribution in [0.2, 0.25) is 0 Å². The second kappa shape index (κ2) is 14.4. The topological polar surface area (TPSA) is 161 Å². The highest BCUT2D eigenvalue weighted by molar-refractivity contribution is 6.58. The number of carbonyl (C=O) groups excluding carboxylic acids is 6. The van der Waals surface area contributed by atoms with Gasteiger partial charge in [0.15, 0.2) is 11.6 Å². The highest BCUT2D eigenvalue weighted by Gasteiger charge is 2.48. The monoisotopic (exact) mass is 802 g/mol. The lowest BCUT2D eigenvalue weighted by atomic mass is 9.71. The lowest BCUT2D eigenvalue weighted by Crippen LogP contribution is -2.36. The van der Waals surface area contributed by atoms with Crippen LogP contribution in [0.15, 0.2) is 106 Å². The van der Waals surface area contributed by atoms with Crippen molar-refractivity contribution in [2.45, 2.75) is 78.4 Å². The number of hydrogen-bond donors (Lipinski definition) is 2. The van der Waals surface area contributed by atoms with E-state index in [0.29, 0.717) is 24.3 Å². The van der Waals surface area contributed by atoms with Crippen LogP contribution in [0.1, 0.15) is 131 Å². The fourth-order valence-electron chi connectivity index (χ4n) is 8.50. The van der Waals surface area contributed by atoms with Gasteiger partial charge >= 0.3 is 0 Å². The third kappa shape index (κ3) is 6.34. The summed E-state index contributed by atoms with van der Waals surface area (Å²) in [5, 5.41) is 24.0. The van der Waals surface area contributed by atoms with E-state index in [4.69, 9.17) is 9.47 Å². The Balaban J connectivity index is 1.29. The van der Waals surface area contributed by atoms with Gasteiger partial charge in [-0.25, -0.2) is 0 Å². The van der Waals surface area contributed by atoms with E-state index >= 15 is 0 Å². The minimum atomic E-state index is -1.33. The van der Waals surface area contributed by atoms with Gasteiger partial charge < -0.3 is 19.7 Å². The molecule has 302 valence electrons. The van der Waals surface area contributed by atoms with Crippen LogP contribution < -0.4 is 9.47 Å². The Morgan fingerprint density at radius 2 is 0.900 bits per heavy atom. The van der Waals surface area contributed by atoms with Crippen molar-refractivity contribution < 1.29 is 48.5 Å². The van der Waals surface area contributed by atoms with Crippen LogP contribution in [-0.4, -0.2) is 56.1 Å². The molecular formula is C50H42O10. The van der Waals surface area contributed by atoms with Gasteiger partial charge in [-0.1, -0.05) is 59.7 Å². The molecule has 60 heavy (non-hydrogen) atoms. The fraction of sp³-hybridized carbons (Fsp3) is 0.240. The normalized spacial score (nSPS) is 21.5. The van der Waals surface area contributed by atoms with Gasteiger partial charge in [0.1, 0.15) is 34.2 Å². The Morgan fingerprint density at radius 1 is 0.517 bits per heavy atom. The summed E-state index contributed by atoms with van der Waals surface area (Å²) in [6.45, 7) is 11.8. The lowest BCUT2D eigenvalue weighted by molar-refractivity contribution is -0.112. The number of Topliss-reactive ketones (excluding diaryl/α,β-unsaturated/α-hetero) is 6. The molecule has 2 heterocycles. The standard InChI is InChI=1S/C50H42O10/c1-25(2)11-9-21-49(5)23-19-29-33(59-49)17-15-31-35(29)45(55)47(57)39(43(31)53)37-38(42(52)28-14-8-7-13-27(28)41(37)51)40-44(54)32-16-18-34-30(36(32)46(56)48(40)58)20-24-50(6,60-34)22-10-12-26(3)4/h7-8,11-20,23-24,53-54H,9-10,21-22H2,1-6H3. The molecule has 3 aromatic rings. The Hall–Kier alpha value is -6.94. The predicted octanol–water partition coefficient (Wildman–Crippen LogP) is 9.65. The van der Waals surface area contributed by atoms with Crippen molar-refractivity contribution in [2.24, 2.45) is 0 Å². The van der Waals surface area contributed by atoms with Crippen molar-refractivity contribution in [2.75, 3.05) is 0 Å². The van der Waals surface area contributed by atoms with E-state index in [1.165, 1.54) is 36.4 Å². The summed E-state index contributed by atoms with van der Waals surface area (Å²) in [6.07, 6.45) is 13.8. The quantitative estimate of drug-likeness (QED) is 0.166. The van der Waals surface area contributed by atoms with Crippen molar-refractivity contribution in [3.05, 3.63) is 151 Å². The number of fused-ring (bicyclic) bond motifs is 7. The minimum absolute atomic E-state index is 0.110. The summed E-state index contributed by atoms with van der Waals surface area (Å²) in [4.78, 5) is 86.3. The second-order valence-electron chi connectivity index (χ2n) is 16.7. The molecule has 2 atom stereocenters. The second-order valence-corrected chi connectivity index (χ2v) is 16.7. The molecule has 2 N–H and O–H groups in total. The minimum Gasteiger partial charge on any atom is -0.506 e. The van der Waals surface area contributed by atoms with Crippen molar-refractivity contribution >= 4 is 58.4 Å². The Labute approximate surface area is 346 Å². The number of ether oxygens (including phenoxy) is 2. The smallest absolute Gasteiger partial charge is 0.238 e. The molecule has 10 nitrogen and oxygen atoms in total. The van der Waals surface area contributed by atoms with Crippen molar-refractivity contribution in [1.82, 2.24) is 0 Å². The van der Waals surface area contributed by atoms with E-state index < -0.39 is 79.7 Å². The van der Waals surface area contributed by atoms with Crippen molar-refractivity contribution in [3.63, 3.8) is 0 Å². The highest BCUT2D eigenvalue weighted by Crippen LogP contribution is 2.47. The third-order valence-corrected chi connectivity index (χ3v) is 11.6. The van der Waals surface area contributed by atoms with Crippen molar-refractivity contribution in [1.29, 1.82) is 0 Å². The van der Waals surface area contributed by atoms with Gasteiger partial charge in [-0.05, 0) is 104 Å². The van der Waals surface area contributed by atoms with E-state index in [1.807, 2.05) is 41.5 Å². The Morgan fingerprint density at radius 3 is 1.27 bits per heavy atom. The summed E-state index contributed by atoms with van der Waals surface area (Å²) >= 11 is 0. The summed E-state index contributed by atoms with van der Waals surface area (Å²) in [5.41, 5.74) is -2.74. The largest absolute Gasteiger partial charge is 0.506 e. The van der Waals surface area contributed by atoms with Gasteiger partial charge in [0, 0.05) is 55.7 Å². The van der Waals surface area contributed by atoms with Crippen LogP contribution in [0.4, 0.5) is 0 Å². The first-order valence-electron chi connectivity index (χ1n) is 19.8. The maximum atomic E-state index is 14.6. The van der Waals surface area contributed by atoms with Crippen molar-refractivity contribution in [3.8, 4) is 11.5 Å². The number of benzene rings is 3. The number of carbonyl (C=O) groups is 6. The molecule has 10 heteroatoms. The van der Waals surface area contributed by atoms with Gasteiger partial charge in [-0.3, -0.25) is 28.8 Å². The Bertz CT molecular complexity index is 2600. The zero-order chi connectivity index (χ0) is 43.0. The summed E-state index contributed by atoms with van der Waals surface area (Å²) in [7, 11) is 0. The SMILES string of the molecule is CC(C)=CCCC1(C)C=Cc2c(ccc3c2C(=O)C(=O)C(C2=C(C4=C(O)c5ccc6c(c5C(=O)C4=O)C=CC(C)(CCC=C(C)C)O6)C(=O)c4ccccc4C2=O)=C3O)O1. The van der Waals surface area contributed by atoms with Crippen LogP contribution in [0.25, 0.3) is 23.7 Å². The number of aliphatic hydroxyl groups is 2. The molecular weight excluding hydrogens is 761 g/mol. The molecule has 3 aromatic carbocycles. The molecule has 0 aromatic heterocycles. The van der Waals surface area contributed by atoms with Crippen LogP contribution in [-0.2, 0) is 9.59 Å². The maximum absolute atomic E-state index is 14.6. The zero-order valence-electron chi connectivity index (χ0n) is 34.1. The average Bonchev–Trinajstić information content (AvgIpc) is 3.20. The first-order valence-corrected chi connectivity index (χ1v) is 19.8. The van der Waals surface area contributed by atoms with E-state index in [2.05, 4.69) is 12.2 Å². The zero-order valence-corrected chi connectivity index (χ0v) is 34.1. The van der Waals surface area contributed by atoms with E-state index in [-0.39, 0.29) is 44.5 Å². The molecule has 5 aliphatic rings. The molecule has 0 saturated carbocycles. The van der Waals surface area contributed by atoms with Crippen LogP contribution in [0.5, 0.6) is 11.5 Å².